The first-order valence-corrected chi connectivity index (χ1v) is 5.16. The van der Waals surface area contributed by atoms with Gasteiger partial charge in [-0.1, -0.05) is 18.2 Å². The van der Waals surface area contributed by atoms with Gasteiger partial charge in [-0.15, -0.1) is 0 Å². The van der Waals surface area contributed by atoms with Crippen LogP contribution in [0.2, 0.25) is 0 Å². The third kappa shape index (κ3) is 2.56. The van der Waals surface area contributed by atoms with Crippen molar-refractivity contribution in [1.82, 2.24) is 0 Å². The van der Waals surface area contributed by atoms with Gasteiger partial charge in [0.25, 0.3) is 0 Å². The second-order valence-electron chi connectivity index (χ2n) is 3.67. The fraction of sp³-hybridized carbons (Fsp3) is 0.0769. The molecule has 5 heteroatoms. The van der Waals surface area contributed by atoms with E-state index in [0.717, 1.165) is 12.1 Å². The molecule has 0 aliphatic carbocycles. The molecule has 0 atom stereocenters. The lowest BCUT2D eigenvalue weighted by atomic mass is 10.2. The number of ether oxygens (including phenoxy) is 1. The minimum atomic E-state index is -3.75. The van der Waals surface area contributed by atoms with E-state index < -0.39 is 17.5 Å². The Balaban J connectivity index is 2.30. The van der Waals surface area contributed by atoms with Crippen molar-refractivity contribution in [3.63, 3.8) is 0 Å². The third-order valence-corrected chi connectivity index (χ3v) is 2.29. The Labute approximate surface area is 102 Å². The number of anilines is 1. The highest BCUT2D eigenvalue weighted by molar-refractivity contribution is 5.43. The van der Waals surface area contributed by atoms with Gasteiger partial charge in [-0.3, -0.25) is 0 Å². The maximum Gasteiger partial charge on any atom is 0.429 e. The van der Waals surface area contributed by atoms with Gasteiger partial charge >= 0.3 is 6.11 Å². The average molecular weight is 253 g/mol. The normalized spacial score (nSPS) is 11.3. The van der Waals surface area contributed by atoms with E-state index in [4.69, 9.17) is 5.73 Å². The lowest BCUT2D eigenvalue weighted by Crippen LogP contribution is -2.23. The molecule has 94 valence electrons. The first-order valence-electron chi connectivity index (χ1n) is 5.16. The van der Waals surface area contributed by atoms with Gasteiger partial charge in [0, 0.05) is 11.8 Å². The van der Waals surface area contributed by atoms with E-state index in [9.17, 15) is 13.2 Å². The van der Waals surface area contributed by atoms with Crippen LogP contribution in [-0.2, 0) is 6.11 Å². The van der Waals surface area contributed by atoms with E-state index >= 15 is 0 Å². The van der Waals surface area contributed by atoms with Crippen molar-refractivity contribution in [3.8, 4) is 5.75 Å². The van der Waals surface area contributed by atoms with Crippen LogP contribution in [-0.4, -0.2) is 0 Å². The van der Waals surface area contributed by atoms with Crippen LogP contribution in [0.25, 0.3) is 0 Å². The van der Waals surface area contributed by atoms with Gasteiger partial charge in [0.1, 0.15) is 11.6 Å². The summed E-state index contributed by atoms with van der Waals surface area (Å²) in [4.78, 5) is 0. The Bertz CT molecular complexity index is 557. The summed E-state index contributed by atoms with van der Waals surface area (Å²) in [5.74, 6) is -1.14. The smallest absolute Gasteiger partial charge is 0.429 e. The number of rotatable bonds is 3. The zero-order chi connectivity index (χ0) is 13.2. The first-order chi connectivity index (χ1) is 8.49. The molecule has 0 bridgehead atoms. The molecule has 0 aliphatic rings. The maximum atomic E-state index is 13.7. The summed E-state index contributed by atoms with van der Waals surface area (Å²) in [5.41, 5.74) is 4.92. The van der Waals surface area contributed by atoms with Crippen LogP contribution in [0, 0.1) is 5.82 Å². The minimum absolute atomic E-state index is 0.122. The zero-order valence-electron chi connectivity index (χ0n) is 9.24. The van der Waals surface area contributed by atoms with Gasteiger partial charge in [0.15, 0.2) is 0 Å². The van der Waals surface area contributed by atoms with E-state index in [2.05, 4.69) is 4.74 Å². The molecule has 0 saturated carbocycles. The van der Waals surface area contributed by atoms with Crippen molar-refractivity contribution < 1.29 is 17.9 Å². The van der Waals surface area contributed by atoms with Crippen LogP contribution < -0.4 is 10.5 Å². The molecular weight excluding hydrogens is 243 g/mol. The molecule has 18 heavy (non-hydrogen) atoms. The Kier molecular flexibility index (Phi) is 3.14. The van der Waals surface area contributed by atoms with Crippen molar-refractivity contribution >= 4 is 5.69 Å². The van der Waals surface area contributed by atoms with Gasteiger partial charge < -0.3 is 10.5 Å². The van der Waals surface area contributed by atoms with Crippen LogP contribution >= 0.6 is 0 Å². The molecule has 0 aliphatic heterocycles. The molecule has 2 N–H and O–H groups in total. The molecule has 0 unspecified atom stereocenters. The number of hydrogen-bond acceptors (Lipinski definition) is 2. The minimum Gasteiger partial charge on any atom is -0.429 e. The highest BCUT2D eigenvalue weighted by Crippen LogP contribution is 2.33. The molecule has 2 aromatic carbocycles. The Hall–Kier alpha value is -2.17. The van der Waals surface area contributed by atoms with Gasteiger partial charge in [-0.2, -0.15) is 8.78 Å². The highest BCUT2D eigenvalue weighted by Gasteiger charge is 2.37. The van der Waals surface area contributed by atoms with Gasteiger partial charge in [-0.05, 0) is 24.3 Å². The van der Waals surface area contributed by atoms with Gasteiger partial charge in [0.2, 0.25) is 0 Å². The number of alkyl halides is 2. The van der Waals surface area contributed by atoms with E-state index in [-0.39, 0.29) is 11.4 Å². The first kappa shape index (κ1) is 12.3. The Morgan fingerprint density at radius 2 is 1.72 bits per heavy atom. The van der Waals surface area contributed by atoms with Crippen molar-refractivity contribution in [2.75, 3.05) is 5.73 Å². The lowest BCUT2D eigenvalue weighted by molar-refractivity contribution is -0.187. The molecule has 0 amide bonds. The molecule has 0 heterocycles. The summed E-state index contributed by atoms with van der Waals surface area (Å²) in [6.07, 6.45) is -3.75. The van der Waals surface area contributed by atoms with Crippen LogP contribution in [0.4, 0.5) is 18.9 Å². The lowest BCUT2D eigenvalue weighted by Gasteiger charge is -2.18. The zero-order valence-corrected chi connectivity index (χ0v) is 9.24. The molecule has 0 fully saturated rings. The van der Waals surface area contributed by atoms with E-state index in [1.54, 1.807) is 0 Å². The average Bonchev–Trinajstić information content (AvgIpc) is 2.28. The van der Waals surface area contributed by atoms with Crippen molar-refractivity contribution in [3.05, 3.63) is 59.9 Å². The SMILES string of the molecule is Nc1cccc(OC(F)(F)c2ccccc2F)c1. The summed E-state index contributed by atoms with van der Waals surface area (Å²) < 4.78 is 45.2. The quantitative estimate of drug-likeness (QED) is 0.849. The van der Waals surface area contributed by atoms with E-state index in [1.165, 1.54) is 36.4 Å². The second kappa shape index (κ2) is 4.60. The summed E-state index contributed by atoms with van der Waals surface area (Å²) in [6.45, 7) is 0. The van der Waals surface area contributed by atoms with Crippen LogP contribution in [0.1, 0.15) is 5.56 Å². The molecule has 0 saturated heterocycles. The summed E-state index contributed by atoms with van der Waals surface area (Å²) in [6, 6.07) is 10.1. The molecule has 0 radical (unpaired) electrons. The molecule has 2 aromatic rings. The monoisotopic (exact) mass is 253 g/mol. The molecular formula is C13H10F3NO. The number of nitrogens with two attached hydrogens (primary N) is 1. The number of benzene rings is 2. The molecule has 0 spiro atoms. The fourth-order valence-corrected chi connectivity index (χ4v) is 1.48. The van der Waals surface area contributed by atoms with E-state index in [1.807, 2.05) is 0 Å². The van der Waals surface area contributed by atoms with Crippen molar-refractivity contribution in [1.29, 1.82) is 0 Å². The molecule has 0 aromatic heterocycles. The summed E-state index contributed by atoms with van der Waals surface area (Å²) >= 11 is 0. The molecule has 2 nitrogen and oxygen atoms in total. The van der Waals surface area contributed by atoms with Gasteiger partial charge in [0.05, 0.1) is 5.56 Å². The summed E-state index contributed by atoms with van der Waals surface area (Å²) in [7, 11) is 0. The predicted octanol–water partition coefficient (Wildman–Crippen LogP) is 3.54. The largest absolute Gasteiger partial charge is 0.429 e. The maximum absolute atomic E-state index is 13.7. The van der Waals surface area contributed by atoms with Crippen molar-refractivity contribution in [2.24, 2.45) is 0 Å². The molecule has 2 rings (SSSR count). The van der Waals surface area contributed by atoms with Gasteiger partial charge in [-0.25, -0.2) is 4.39 Å². The highest BCUT2D eigenvalue weighted by atomic mass is 19.3. The fourth-order valence-electron chi connectivity index (χ4n) is 1.48. The van der Waals surface area contributed by atoms with Crippen LogP contribution in [0.3, 0.4) is 0 Å². The van der Waals surface area contributed by atoms with Crippen LogP contribution in [0.15, 0.2) is 48.5 Å². The number of hydrogen-bond donors (Lipinski definition) is 1. The van der Waals surface area contributed by atoms with Crippen LogP contribution in [0.5, 0.6) is 5.75 Å². The summed E-state index contributed by atoms with van der Waals surface area (Å²) in [5, 5.41) is 0. The second-order valence-corrected chi connectivity index (χ2v) is 3.67. The number of nitrogen functional groups attached to an aromatic ring is 1. The third-order valence-electron chi connectivity index (χ3n) is 2.29. The standard InChI is InChI=1S/C13H10F3NO/c14-12-7-2-1-6-11(12)13(15,16)18-10-5-3-4-9(17)8-10/h1-8H,17H2. The van der Waals surface area contributed by atoms with Crippen molar-refractivity contribution in [2.45, 2.75) is 6.11 Å². The Morgan fingerprint density at radius 1 is 1.00 bits per heavy atom. The topological polar surface area (TPSA) is 35.2 Å². The van der Waals surface area contributed by atoms with E-state index in [0.29, 0.717) is 0 Å². The number of halogens is 3. The predicted molar refractivity (Wildman–Crippen MR) is 61.8 cm³/mol. The Morgan fingerprint density at radius 3 is 2.39 bits per heavy atom.